The van der Waals surface area contributed by atoms with Crippen molar-refractivity contribution in [3.8, 4) is 11.5 Å². The third kappa shape index (κ3) is 2.96. The van der Waals surface area contributed by atoms with E-state index in [1.54, 1.807) is 14.2 Å². The van der Waals surface area contributed by atoms with Gasteiger partial charge in [0.05, 0.1) is 14.2 Å². The highest BCUT2D eigenvalue weighted by molar-refractivity contribution is 6.08. The topological polar surface area (TPSA) is 57.9 Å². The number of hydrogen-bond donors (Lipinski definition) is 0. The molecule has 5 atom stereocenters. The van der Waals surface area contributed by atoms with Crippen molar-refractivity contribution in [1.82, 2.24) is 0 Å². The minimum absolute atomic E-state index is 0.236. The third-order valence-electron chi connectivity index (χ3n) is 9.47. The van der Waals surface area contributed by atoms with Crippen LogP contribution in [0.5, 0.6) is 11.5 Å². The Hall–Kier alpha value is -2.95. The van der Waals surface area contributed by atoms with E-state index < -0.39 is 5.60 Å². The van der Waals surface area contributed by atoms with E-state index in [2.05, 4.69) is 31.2 Å². The van der Waals surface area contributed by atoms with E-state index in [-0.39, 0.29) is 5.97 Å². The number of benzene rings is 2. The summed E-state index contributed by atoms with van der Waals surface area (Å²) in [5.41, 5.74) is 4.75. The number of methoxy groups -OCH3 is 2. The molecule has 0 radical (unpaired) electrons. The second kappa shape index (κ2) is 7.52. The van der Waals surface area contributed by atoms with Crippen LogP contribution in [0.25, 0.3) is 11.0 Å². The van der Waals surface area contributed by atoms with E-state index >= 15 is 0 Å². The van der Waals surface area contributed by atoms with Crippen molar-refractivity contribution in [2.45, 2.75) is 63.4 Å². The number of furan rings is 1. The number of carbonyl (C=O) groups is 1. The van der Waals surface area contributed by atoms with E-state index in [4.69, 9.17) is 18.6 Å². The van der Waals surface area contributed by atoms with E-state index in [1.165, 1.54) is 24.0 Å². The molecule has 3 aliphatic carbocycles. The normalized spacial score (nSPS) is 30.5. The molecule has 0 saturated heterocycles. The molecule has 0 N–H and O–H groups in total. The van der Waals surface area contributed by atoms with Gasteiger partial charge in [0.15, 0.2) is 22.7 Å². The monoisotopic (exact) mass is 472 g/mol. The molecule has 7 rings (SSSR count). The molecule has 4 aliphatic rings. The number of fused-ring (bicyclic) bond motifs is 8. The van der Waals surface area contributed by atoms with E-state index in [0.29, 0.717) is 40.6 Å². The molecule has 0 bridgehead atoms. The number of carbonyl (C=O) groups excluding carboxylic acids is 1. The van der Waals surface area contributed by atoms with Crippen LogP contribution >= 0.6 is 0 Å². The molecule has 182 valence electrons. The maximum absolute atomic E-state index is 13.3. The number of esters is 1. The van der Waals surface area contributed by atoms with Crippen molar-refractivity contribution in [3.05, 3.63) is 58.3 Å². The van der Waals surface area contributed by atoms with Gasteiger partial charge in [0, 0.05) is 5.39 Å². The van der Waals surface area contributed by atoms with E-state index in [0.717, 1.165) is 54.6 Å². The predicted octanol–water partition coefficient (Wildman–Crippen LogP) is 6.54. The first-order valence-corrected chi connectivity index (χ1v) is 13.1. The molecule has 2 fully saturated rings. The highest BCUT2D eigenvalue weighted by Gasteiger charge is 2.59. The second-order valence-electron chi connectivity index (χ2n) is 11.1. The Morgan fingerprint density at radius 1 is 1.03 bits per heavy atom. The van der Waals surface area contributed by atoms with Crippen LogP contribution in [0.4, 0.5) is 0 Å². The Balaban J connectivity index is 1.26. The summed E-state index contributed by atoms with van der Waals surface area (Å²) in [5.74, 6) is 4.48. The highest BCUT2D eigenvalue weighted by atomic mass is 16.6. The molecule has 5 heteroatoms. The summed E-state index contributed by atoms with van der Waals surface area (Å²) >= 11 is 0. The van der Waals surface area contributed by atoms with Gasteiger partial charge in [-0.25, -0.2) is 4.79 Å². The zero-order chi connectivity index (χ0) is 23.9. The van der Waals surface area contributed by atoms with Gasteiger partial charge in [-0.1, -0.05) is 13.0 Å². The fourth-order valence-electron chi connectivity index (χ4n) is 7.85. The van der Waals surface area contributed by atoms with Crippen LogP contribution < -0.4 is 9.47 Å². The van der Waals surface area contributed by atoms with Gasteiger partial charge in [-0.2, -0.15) is 0 Å². The Kier molecular flexibility index (Phi) is 4.59. The summed E-state index contributed by atoms with van der Waals surface area (Å²) in [6.07, 6.45) is 7.32. The zero-order valence-electron chi connectivity index (χ0n) is 20.7. The highest BCUT2D eigenvalue weighted by Crippen LogP contribution is 2.62. The molecule has 35 heavy (non-hydrogen) atoms. The Bertz CT molecular complexity index is 1350. The fourth-order valence-corrected chi connectivity index (χ4v) is 7.85. The summed E-state index contributed by atoms with van der Waals surface area (Å²) in [7, 11) is 3.41. The third-order valence-corrected chi connectivity index (χ3v) is 9.47. The van der Waals surface area contributed by atoms with Crippen LogP contribution in [-0.2, 0) is 23.2 Å². The average molecular weight is 473 g/mol. The first kappa shape index (κ1) is 21.3. The summed E-state index contributed by atoms with van der Waals surface area (Å²) in [6, 6.07) is 10.7. The second-order valence-corrected chi connectivity index (χ2v) is 11.1. The molecule has 2 saturated carbocycles. The molecule has 5 unspecified atom stereocenters. The summed E-state index contributed by atoms with van der Waals surface area (Å²) in [6.45, 7) is 2.11. The molecule has 3 aromatic rings. The SMILES string of the molecule is CCc1cc(OC)c2oc3c(c2c1)C(=O)OC31CC2CC3CCc4ccc(OC)cc4C3CC2C1. The van der Waals surface area contributed by atoms with Crippen molar-refractivity contribution in [3.63, 3.8) is 0 Å². The number of aryl methyl sites for hydroxylation is 2. The predicted molar refractivity (Wildman–Crippen MR) is 132 cm³/mol. The number of rotatable bonds is 3. The van der Waals surface area contributed by atoms with E-state index in [1.807, 2.05) is 6.07 Å². The molecular weight excluding hydrogens is 440 g/mol. The first-order chi connectivity index (χ1) is 17.0. The number of hydrogen-bond acceptors (Lipinski definition) is 5. The lowest BCUT2D eigenvalue weighted by Gasteiger charge is -2.42. The molecule has 2 aromatic carbocycles. The van der Waals surface area contributed by atoms with Gasteiger partial charge in [-0.15, -0.1) is 0 Å². The molecule has 0 amide bonds. The maximum Gasteiger partial charge on any atom is 0.343 e. The molecular formula is C30H32O5. The lowest BCUT2D eigenvalue weighted by molar-refractivity contribution is -0.0164. The summed E-state index contributed by atoms with van der Waals surface area (Å²) < 4.78 is 23.9. The van der Waals surface area contributed by atoms with Gasteiger partial charge in [-0.3, -0.25) is 0 Å². The van der Waals surface area contributed by atoms with Gasteiger partial charge < -0.3 is 18.6 Å². The van der Waals surface area contributed by atoms with Crippen LogP contribution in [0.3, 0.4) is 0 Å². The first-order valence-electron chi connectivity index (χ1n) is 13.1. The Morgan fingerprint density at radius 2 is 1.86 bits per heavy atom. The summed E-state index contributed by atoms with van der Waals surface area (Å²) in [4.78, 5) is 13.3. The number of ether oxygens (including phenoxy) is 3. The van der Waals surface area contributed by atoms with Crippen molar-refractivity contribution in [1.29, 1.82) is 0 Å². The minimum Gasteiger partial charge on any atom is -0.497 e. The lowest BCUT2D eigenvalue weighted by Crippen LogP contribution is -2.31. The van der Waals surface area contributed by atoms with Crippen molar-refractivity contribution >= 4 is 16.9 Å². The van der Waals surface area contributed by atoms with Gasteiger partial charge in [-0.05, 0) is 110 Å². The molecule has 1 aliphatic heterocycles. The van der Waals surface area contributed by atoms with Crippen LogP contribution in [-0.4, -0.2) is 20.2 Å². The molecule has 2 heterocycles. The Morgan fingerprint density at radius 3 is 2.63 bits per heavy atom. The van der Waals surface area contributed by atoms with Crippen LogP contribution in [0.1, 0.15) is 77.8 Å². The molecule has 1 spiro atoms. The van der Waals surface area contributed by atoms with Crippen LogP contribution in [0.2, 0.25) is 0 Å². The van der Waals surface area contributed by atoms with Crippen molar-refractivity contribution < 1.29 is 23.4 Å². The van der Waals surface area contributed by atoms with Gasteiger partial charge in [0.25, 0.3) is 0 Å². The lowest BCUT2D eigenvalue weighted by atomic mass is 9.62. The fraction of sp³-hybridized carbons (Fsp3) is 0.500. The van der Waals surface area contributed by atoms with Gasteiger partial charge in [0.1, 0.15) is 11.3 Å². The van der Waals surface area contributed by atoms with Gasteiger partial charge >= 0.3 is 5.97 Å². The minimum atomic E-state index is -0.636. The molecule has 1 aromatic heterocycles. The van der Waals surface area contributed by atoms with Gasteiger partial charge in [0.2, 0.25) is 0 Å². The van der Waals surface area contributed by atoms with Crippen LogP contribution in [0.15, 0.2) is 34.7 Å². The zero-order valence-corrected chi connectivity index (χ0v) is 20.7. The van der Waals surface area contributed by atoms with Crippen molar-refractivity contribution in [2.24, 2.45) is 17.8 Å². The summed E-state index contributed by atoms with van der Waals surface area (Å²) in [5, 5.41) is 0.836. The average Bonchev–Trinajstić information content (AvgIpc) is 3.52. The quantitative estimate of drug-likeness (QED) is 0.405. The maximum atomic E-state index is 13.3. The molecule has 5 nitrogen and oxygen atoms in total. The standard InChI is InChI=1S/C30H32O5/c1-4-16-9-24-26-28(34-27(24)25(10-16)33-3)30(35-29(26)31)14-19-11-18-6-5-17-7-8-21(32-2)13-23(17)22(18)12-20(19)15-30/h7-10,13,18-20,22H,4-6,11-12,14-15H2,1-3H3. The largest absolute Gasteiger partial charge is 0.497 e. The Labute approximate surface area is 205 Å². The van der Waals surface area contributed by atoms with E-state index in [9.17, 15) is 4.79 Å². The smallest absolute Gasteiger partial charge is 0.343 e. The van der Waals surface area contributed by atoms with Crippen LogP contribution in [0, 0.1) is 17.8 Å². The van der Waals surface area contributed by atoms with Crippen molar-refractivity contribution in [2.75, 3.05) is 14.2 Å².